The second-order valence-corrected chi connectivity index (χ2v) is 4.17. The molecular formula is C11H14NO3. The summed E-state index contributed by atoms with van der Waals surface area (Å²) in [7, 11) is 0. The largest absolute Gasteiger partial charge is 0.458 e. The van der Waals surface area contributed by atoms with Gasteiger partial charge in [0.05, 0.1) is 5.69 Å². The van der Waals surface area contributed by atoms with Gasteiger partial charge in [0.15, 0.2) is 0 Å². The summed E-state index contributed by atoms with van der Waals surface area (Å²) in [4.78, 5) is 15.2. The first-order chi connectivity index (χ1) is 6.90. The summed E-state index contributed by atoms with van der Waals surface area (Å²) in [5, 5.41) is 11.6. The van der Waals surface area contributed by atoms with E-state index in [9.17, 15) is 9.90 Å². The van der Waals surface area contributed by atoms with E-state index in [1.54, 1.807) is 32.9 Å². The van der Waals surface area contributed by atoms with Gasteiger partial charge >= 0.3 is 5.97 Å². The quantitative estimate of drug-likeness (QED) is 0.697. The molecule has 0 fully saturated rings. The summed E-state index contributed by atoms with van der Waals surface area (Å²) in [6, 6.07) is 4.87. The maximum atomic E-state index is 11.6. The molecule has 0 bridgehead atoms. The molecule has 0 aromatic carbocycles. The molecule has 1 atom stereocenters. The lowest BCUT2D eigenvalue weighted by atomic mass is 10.2. The van der Waals surface area contributed by atoms with E-state index in [-0.39, 0.29) is 5.69 Å². The summed E-state index contributed by atoms with van der Waals surface area (Å²) < 4.78 is 4.96. The van der Waals surface area contributed by atoms with Gasteiger partial charge in [0.25, 0.3) is 0 Å². The fourth-order valence-electron chi connectivity index (χ4n) is 1.01. The molecule has 0 aliphatic carbocycles. The van der Waals surface area contributed by atoms with Crippen LogP contribution in [0.15, 0.2) is 24.4 Å². The summed E-state index contributed by atoms with van der Waals surface area (Å²) in [5.41, 5.74) is -0.458. The Morgan fingerprint density at radius 1 is 1.40 bits per heavy atom. The van der Waals surface area contributed by atoms with Crippen molar-refractivity contribution in [3.05, 3.63) is 30.1 Å². The average molecular weight is 208 g/mol. The van der Waals surface area contributed by atoms with Crippen LogP contribution in [0.2, 0.25) is 0 Å². The minimum atomic E-state index is -1.56. The highest BCUT2D eigenvalue weighted by Gasteiger charge is 2.26. The summed E-state index contributed by atoms with van der Waals surface area (Å²) in [6.07, 6.45) is -0.0876. The first-order valence-corrected chi connectivity index (χ1v) is 4.70. The second-order valence-electron chi connectivity index (χ2n) is 4.17. The van der Waals surface area contributed by atoms with Crippen molar-refractivity contribution in [2.45, 2.75) is 32.5 Å². The fourth-order valence-corrected chi connectivity index (χ4v) is 1.01. The molecule has 0 saturated carbocycles. The van der Waals surface area contributed by atoms with Crippen LogP contribution in [0.25, 0.3) is 0 Å². The van der Waals surface area contributed by atoms with Crippen molar-refractivity contribution < 1.29 is 14.6 Å². The lowest BCUT2D eigenvalue weighted by molar-refractivity contribution is -0.169. The van der Waals surface area contributed by atoms with Crippen LogP contribution in [0.3, 0.4) is 0 Å². The van der Waals surface area contributed by atoms with Crippen molar-refractivity contribution in [1.82, 2.24) is 4.98 Å². The van der Waals surface area contributed by atoms with Gasteiger partial charge in [-0.2, -0.15) is 0 Å². The van der Waals surface area contributed by atoms with E-state index in [1.807, 2.05) is 0 Å². The summed E-state index contributed by atoms with van der Waals surface area (Å²) in [6.45, 7) is 5.15. The molecule has 1 aromatic heterocycles. The second kappa shape index (κ2) is 4.40. The Hall–Kier alpha value is -1.42. The smallest absolute Gasteiger partial charge is 0.345 e. The van der Waals surface area contributed by atoms with Crippen molar-refractivity contribution in [3.63, 3.8) is 0 Å². The van der Waals surface area contributed by atoms with E-state index in [2.05, 4.69) is 4.98 Å². The van der Waals surface area contributed by atoms with Gasteiger partial charge in [-0.15, -0.1) is 0 Å². The summed E-state index contributed by atoms with van der Waals surface area (Å²) in [5.74, 6) is -0.791. The third kappa shape index (κ3) is 3.67. The molecule has 4 nitrogen and oxygen atoms in total. The van der Waals surface area contributed by atoms with Crippen molar-refractivity contribution in [1.29, 1.82) is 0 Å². The first-order valence-electron chi connectivity index (χ1n) is 4.70. The van der Waals surface area contributed by atoms with E-state index in [4.69, 9.17) is 4.74 Å². The number of aromatic nitrogens is 1. The van der Waals surface area contributed by atoms with E-state index in [1.165, 1.54) is 12.3 Å². The number of esters is 1. The van der Waals surface area contributed by atoms with Crippen molar-refractivity contribution >= 4 is 5.97 Å². The minimum Gasteiger partial charge on any atom is -0.458 e. The van der Waals surface area contributed by atoms with Crippen molar-refractivity contribution in [3.8, 4) is 0 Å². The Morgan fingerprint density at radius 3 is 2.53 bits per heavy atom. The molecule has 15 heavy (non-hydrogen) atoms. The fraction of sp³-hybridized carbons (Fsp3) is 0.455. The maximum absolute atomic E-state index is 11.6. The molecule has 1 rings (SSSR count). The Bertz CT molecular complexity index is 329. The van der Waals surface area contributed by atoms with Crippen molar-refractivity contribution in [2.24, 2.45) is 0 Å². The first kappa shape index (κ1) is 11.7. The standard InChI is InChI=1S/C11H14NO3/c1-11(2,3)15-10(14)9(13)8-6-4-5-7-12-8/h4-7,9H,1-3H3/t9-/m0/s1. The molecule has 0 N–H and O–H groups in total. The van der Waals surface area contributed by atoms with Gasteiger partial charge < -0.3 is 4.74 Å². The molecule has 81 valence electrons. The topological polar surface area (TPSA) is 59.1 Å². The van der Waals surface area contributed by atoms with E-state index in [0.717, 1.165) is 0 Å². The third-order valence-corrected chi connectivity index (χ3v) is 1.58. The minimum absolute atomic E-state index is 0.187. The average Bonchev–Trinajstić information content (AvgIpc) is 2.15. The third-order valence-electron chi connectivity index (χ3n) is 1.58. The van der Waals surface area contributed by atoms with Crippen LogP contribution in [0, 0.1) is 0 Å². The van der Waals surface area contributed by atoms with Crippen LogP contribution in [0.1, 0.15) is 32.6 Å². The number of pyridine rings is 1. The van der Waals surface area contributed by atoms with Crippen LogP contribution in [-0.4, -0.2) is 16.6 Å². The van der Waals surface area contributed by atoms with Crippen LogP contribution < -0.4 is 0 Å². The molecular weight excluding hydrogens is 194 g/mol. The molecule has 0 unspecified atom stereocenters. The number of ether oxygens (including phenoxy) is 1. The molecule has 0 spiro atoms. The zero-order valence-electron chi connectivity index (χ0n) is 9.06. The number of nitrogens with zero attached hydrogens (tertiary/aromatic N) is 1. The van der Waals surface area contributed by atoms with Crippen LogP contribution in [-0.2, 0) is 14.6 Å². The van der Waals surface area contributed by atoms with Gasteiger partial charge in [-0.05, 0) is 32.9 Å². The van der Waals surface area contributed by atoms with Crippen molar-refractivity contribution in [2.75, 3.05) is 0 Å². The number of rotatable bonds is 2. The highest BCUT2D eigenvalue weighted by atomic mass is 16.6. The highest BCUT2D eigenvalue weighted by molar-refractivity contribution is 5.75. The zero-order valence-corrected chi connectivity index (χ0v) is 9.06. The van der Waals surface area contributed by atoms with Gasteiger partial charge in [-0.1, -0.05) is 6.07 Å². The highest BCUT2D eigenvalue weighted by Crippen LogP contribution is 2.16. The lowest BCUT2D eigenvalue weighted by Crippen LogP contribution is -2.27. The molecule has 0 aliphatic rings. The Morgan fingerprint density at radius 2 is 2.07 bits per heavy atom. The summed E-state index contributed by atoms with van der Waals surface area (Å²) >= 11 is 0. The van der Waals surface area contributed by atoms with E-state index < -0.39 is 17.7 Å². The predicted octanol–water partition coefficient (Wildman–Crippen LogP) is 1.89. The van der Waals surface area contributed by atoms with E-state index in [0.29, 0.717) is 0 Å². The molecule has 1 radical (unpaired) electrons. The van der Waals surface area contributed by atoms with Crippen LogP contribution in [0.4, 0.5) is 0 Å². The Labute approximate surface area is 88.9 Å². The Balaban J connectivity index is 2.70. The molecule has 1 heterocycles. The Kier molecular flexibility index (Phi) is 3.42. The van der Waals surface area contributed by atoms with Crippen LogP contribution in [0.5, 0.6) is 0 Å². The number of carbonyl (C=O) groups excluding carboxylic acids is 1. The van der Waals surface area contributed by atoms with Gasteiger partial charge in [0.2, 0.25) is 6.10 Å². The van der Waals surface area contributed by atoms with Gasteiger partial charge in [-0.25, -0.2) is 9.90 Å². The number of carbonyl (C=O) groups is 1. The molecule has 0 aliphatic heterocycles. The predicted molar refractivity (Wildman–Crippen MR) is 53.5 cm³/mol. The SMILES string of the molecule is CC(C)(C)OC(=O)[C@@H]([O])c1ccccn1. The molecule has 1 aromatic rings. The zero-order chi connectivity index (χ0) is 11.5. The monoisotopic (exact) mass is 208 g/mol. The molecule has 0 amide bonds. The number of hydrogen-bond acceptors (Lipinski definition) is 3. The lowest BCUT2D eigenvalue weighted by Gasteiger charge is -2.20. The van der Waals surface area contributed by atoms with Gasteiger partial charge in [0.1, 0.15) is 5.60 Å². The maximum Gasteiger partial charge on any atom is 0.345 e. The van der Waals surface area contributed by atoms with E-state index >= 15 is 0 Å². The van der Waals surface area contributed by atoms with Gasteiger partial charge in [0, 0.05) is 6.20 Å². The van der Waals surface area contributed by atoms with Crippen LogP contribution >= 0.6 is 0 Å². The molecule has 4 heteroatoms. The van der Waals surface area contributed by atoms with Gasteiger partial charge in [-0.3, -0.25) is 4.98 Å². The normalized spacial score (nSPS) is 13.3. The molecule has 0 saturated heterocycles. The number of hydrogen-bond donors (Lipinski definition) is 0.